The molecule has 2 atom stereocenters. The third kappa shape index (κ3) is 1.03. The van der Waals surface area contributed by atoms with Crippen LogP contribution in [0.25, 0.3) is 0 Å². The normalized spacial score (nSPS) is 31.3. The lowest BCUT2D eigenvalue weighted by molar-refractivity contribution is 0.182. The molecule has 2 rings (SSSR count). The minimum Gasteiger partial charge on any atom is -0.330 e. The van der Waals surface area contributed by atoms with Crippen molar-refractivity contribution in [3.63, 3.8) is 0 Å². The summed E-state index contributed by atoms with van der Waals surface area (Å²) in [4.78, 5) is 21.6. The monoisotopic (exact) mass is 214 g/mol. The highest BCUT2D eigenvalue weighted by molar-refractivity contribution is 8.13. The van der Waals surface area contributed by atoms with Crippen molar-refractivity contribution in [2.75, 3.05) is 27.4 Å². The van der Waals surface area contributed by atoms with E-state index in [1.54, 1.807) is 28.6 Å². The molecule has 78 valence electrons. The summed E-state index contributed by atoms with van der Waals surface area (Å²) < 4.78 is 0. The lowest BCUT2D eigenvalue weighted by atomic mass is 10.4. The van der Waals surface area contributed by atoms with Crippen LogP contribution in [0.1, 0.15) is 0 Å². The van der Waals surface area contributed by atoms with Crippen molar-refractivity contribution in [3.05, 3.63) is 0 Å². The van der Waals surface area contributed by atoms with Gasteiger partial charge >= 0.3 is 6.03 Å². The zero-order valence-electron chi connectivity index (χ0n) is 8.76. The topological polar surface area (TPSA) is 39.2 Å². The third-order valence-electron chi connectivity index (χ3n) is 2.79. The van der Waals surface area contributed by atoms with Gasteiger partial charge in [0.05, 0.1) is 0 Å². The average Bonchev–Trinajstić information content (AvgIpc) is 2.60. The largest absolute Gasteiger partial charge is 0.330 e. The molecule has 0 saturated carbocycles. The fraction of sp³-hybridized carbons (Fsp3) is 0.750. The number of hydrogen-bond acceptors (Lipinski definition) is 4. The van der Waals surface area contributed by atoms with E-state index in [4.69, 9.17) is 0 Å². The summed E-state index contributed by atoms with van der Waals surface area (Å²) in [5.74, 6) is 0. The van der Waals surface area contributed by atoms with E-state index in [0.29, 0.717) is 0 Å². The van der Waals surface area contributed by atoms with Crippen LogP contribution in [-0.2, 0) is 0 Å². The van der Waals surface area contributed by atoms with Gasteiger partial charge in [-0.05, 0) is 6.26 Å². The number of amides is 2. The number of carbonyl (C=O) groups excluding carboxylic acids is 1. The van der Waals surface area contributed by atoms with E-state index >= 15 is 0 Å². The molecular weight excluding hydrogens is 200 g/mol. The molecule has 1 saturated heterocycles. The van der Waals surface area contributed by atoms with Crippen molar-refractivity contribution in [2.45, 2.75) is 12.3 Å². The Morgan fingerprint density at radius 3 is 2.36 bits per heavy atom. The van der Waals surface area contributed by atoms with Crippen molar-refractivity contribution in [2.24, 2.45) is 4.99 Å². The maximum absolute atomic E-state index is 11.6. The SMILES string of the molecule is CSC1=N[C@H]2[C@@H](N(C)C(=O)N2C)N1C. The summed E-state index contributed by atoms with van der Waals surface area (Å²) >= 11 is 1.61. The quantitative estimate of drug-likeness (QED) is 0.582. The highest BCUT2D eigenvalue weighted by atomic mass is 32.2. The molecule has 0 bridgehead atoms. The molecule has 6 heteroatoms. The number of rotatable bonds is 0. The summed E-state index contributed by atoms with van der Waals surface area (Å²) in [6.45, 7) is 0. The Hall–Kier alpha value is -0.910. The molecule has 2 aliphatic heterocycles. The van der Waals surface area contributed by atoms with Crippen LogP contribution in [0.2, 0.25) is 0 Å². The van der Waals surface area contributed by atoms with Crippen molar-refractivity contribution >= 4 is 23.0 Å². The van der Waals surface area contributed by atoms with Crippen molar-refractivity contribution in [1.29, 1.82) is 0 Å². The average molecular weight is 214 g/mol. The van der Waals surface area contributed by atoms with Gasteiger partial charge in [0.1, 0.15) is 6.17 Å². The Balaban J connectivity index is 2.31. The number of aliphatic imine (C=N–C) groups is 1. The number of nitrogens with zero attached hydrogens (tertiary/aromatic N) is 4. The highest BCUT2D eigenvalue weighted by Gasteiger charge is 2.48. The fourth-order valence-corrected chi connectivity index (χ4v) is 2.61. The standard InChI is InChI=1S/C8H14N4OS/c1-10-5-6(12(3)8(10)13)11(2)7(9-5)14-4/h5-6H,1-4H3/t5-,6-/m1/s1. The number of thioether (sulfide) groups is 1. The van der Waals surface area contributed by atoms with Gasteiger partial charge in [0.2, 0.25) is 0 Å². The molecule has 0 aliphatic carbocycles. The van der Waals surface area contributed by atoms with Gasteiger partial charge in [-0.2, -0.15) is 0 Å². The summed E-state index contributed by atoms with van der Waals surface area (Å²) in [5.41, 5.74) is 0. The second-order valence-electron chi connectivity index (χ2n) is 3.56. The number of carbonyl (C=O) groups is 1. The van der Waals surface area contributed by atoms with E-state index < -0.39 is 0 Å². The minimum atomic E-state index is -0.0417. The predicted octanol–water partition coefficient (Wildman–Crippen LogP) is 0.300. The molecule has 1 fully saturated rings. The van der Waals surface area contributed by atoms with Crippen molar-refractivity contribution in [1.82, 2.24) is 14.7 Å². The molecule has 14 heavy (non-hydrogen) atoms. The van der Waals surface area contributed by atoms with Gasteiger partial charge in [-0.15, -0.1) is 0 Å². The zero-order valence-corrected chi connectivity index (χ0v) is 9.58. The molecule has 5 nitrogen and oxygen atoms in total. The van der Waals surface area contributed by atoms with E-state index in [1.807, 2.05) is 20.4 Å². The van der Waals surface area contributed by atoms with E-state index in [2.05, 4.69) is 9.89 Å². The molecule has 0 spiro atoms. The van der Waals surface area contributed by atoms with Gasteiger partial charge in [-0.1, -0.05) is 11.8 Å². The number of fused-ring (bicyclic) bond motifs is 1. The van der Waals surface area contributed by atoms with Gasteiger partial charge in [-0.3, -0.25) is 0 Å². The molecule has 0 radical (unpaired) electrons. The Morgan fingerprint density at radius 2 is 1.86 bits per heavy atom. The maximum Gasteiger partial charge on any atom is 0.323 e. The van der Waals surface area contributed by atoms with Crippen LogP contribution in [0.5, 0.6) is 0 Å². The molecule has 0 unspecified atom stereocenters. The van der Waals surface area contributed by atoms with Gasteiger partial charge in [0.25, 0.3) is 0 Å². The first-order valence-corrected chi connectivity index (χ1v) is 5.64. The van der Waals surface area contributed by atoms with E-state index in [9.17, 15) is 4.79 Å². The van der Waals surface area contributed by atoms with Crippen LogP contribution in [0.15, 0.2) is 4.99 Å². The van der Waals surface area contributed by atoms with Crippen LogP contribution in [0, 0.1) is 0 Å². The Morgan fingerprint density at radius 1 is 1.21 bits per heavy atom. The summed E-state index contributed by atoms with van der Waals surface area (Å²) in [6, 6.07) is 0.0377. The van der Waals surface area contributed by atoms with E-state index in [0.717, 1.165) is 5.17 Å². The highest BCUT2D eigenvalue weighted by Crippen LogP contribution is 2.30. The molecule has 2 heterocycles. The molecule has 0 aromatic carbocycles. The minimum absolute atomic E-state index is 0.0377. The maximum atomic E-state index is 11.6. The second kappa shape index (κ2) is 3.05. The third-order valence-corrected chi connectivity index (χ3v) is 3.55. The Kier molecular flexibility index (Phi) is 2.10. The fourth-order valence-electron chi connectivity index (χ4n) is 2.00. The van der Waals surface area contributed by atoms with Crippen LogP contribution < -0.4 is 0 Å². The van der Waals surface area contributed by atoms with Gasteiger partial charge in [0.15, 0.2) is 11.3 Å². The van der Waals surface area contributed by atoms with Crippen molar-refractivity contribution < 1.29 is 4.79 Å². The Labute approximate surface area is 87.7 Å². The summed E-state index contributed by atoms with van der Waals surface area (Å²) in [7, 11) is 5.59. The molecule has 0 aromatic heterocycles. The summed E-state index contributed by atoms with van der Waals surface area (Å²) in [6.07, 6.45) is 2.02. The van der Waals surface area contributed by atoms with Crippen molar-refractivity contribution in [3.8, 4) is 0 Å². The van der Waals surface area contributed by atoms with Gasteiger partial charge in [0, 0.05) is 21.1 Å². The van der Waals surface area contributed by atoms with Crippen LogP contribution in [0.3, 0.4) is 0 Å². The van der Waals surface area contributed by atoms with E-state index in [-0.39, 0.29) is 18.4 Å². The zero-order chi connectivity index (χ0) is 10.5. The number of amidine groups is 1. The van der Waals surface area contributed by atoms with Crippen LogP contribution in [-0.4, -0.2) is 65.6 Å². The number of likely N-dealkylation sites (N-methyl/N-ethyl adjacent to an activating group) is 3. The molecule has 0 aromatic rings. The first-order valence-electron chi connectivity index (χ1n) is 4.42. The first-order chi connectivity index (χ1) is 6.57. The number of hydrogen-bond donors (Lipinski definition) is 0. The Bertz CT molecular complexity index is 306. The first kappa shape index (κ1) is 9.64. The lowest BCUT2D eigenvalue weighted by Crippen LogP contribution is -2.43. The smallest absolute Gasteiger partial charge is 0.323 e. The predicted molar refractivity (Wildman–Crippen MR) is 57.2 cm³/mol. The number of urea groups is 1. The second-order valence-corrected chi connectivity index (χ2v) is 4.33. The molecular formula is C8H14N4OS. The van der Waals surface area contributed by atoms with Gasteiger partial charge < -0.3 is 14.7 Å². The van der Waals surface area contributed by atoms with Gasteiger partial charge in [-0.25, -0.2) is 9.79 Å². The molecule has 0 N–H and O–H groups in total. The van der Waals surface area contributed by atoms with E-state index in [1.165, 1.54) is 0 Å². The summed E-state index contributed by atoms with van der Waals surface area (Å²) in [5, 5.41) is 0.992. The van der Waals surface area contributed by atoms with Crippen LogP contribution in [0.4, 0.5) is 4.79 Å². The van der Waals surface area contributed by atoms with Crippen LogP contribution >= 0.6 is 11.8 Å². The molecule has 2 aliphatic rings. The molecule has 2 amide bonds. The lowest BCUT2D eigenvalue weighted by Gasteiger charge is -2.25.